The molecule has 1 aromatic carbocycles. The van der Waals surface area contributed by atoms with Crippen molar-refractivity contribution in [3.8, 4) is 11.8 Å². The van der Waals surface area contributed by atoms with Crippen LogP contribution in [0.2, 0.25) is 0 Å². The van der Waals surface area contributed by atoms with E-state index < -0.39 is 0 Å². The second kappa shape index (κ2) is 5.66. The number of ether oxygens (including phenoxy) is 1. The fraction of sp³-hybridized carbons (Fsp3) is 0.154. The van der Waals surface area contributed by atoms with Crippen molar-refractivity contribution in [2.45, 2.75) is 13.8 Å². The monoisotopic (exact) mass is 199 g/mol. The maximum absolute atomic E-state index is 8.87. The average Bonchev–Trinajstić information content (AvgIpc) is 2.29. The Balaban J connectivity index is 2.94. The van der Waals surface area contributed by atoms with Crippen LogP contribution in [-0.4, -0.2) is 0 Å². The summed E-state index contributed by atoms with van der Waals surface area (Å²) in [4.78, 5) is 0. The summed E-state index contributed by atoms with van der Waals surface area (Å²) >= 11 is 0. The van der Waals surface area contributed by atoms with E-state index in [9.17, 15) is 0 Å². The summed E-state index contributed by atoms with van der Waals surface area (Å²) in [5.41, 5.74) is 0.543. The Morgan fingerprint density at radius 3 is 2.67 bits per heavy atom. The van der Waals surface area contributed by atoms with Gasteiger partial charge in [-0.25, -0.2) is 0 Å². The highest BCUT2D eigenvalue weighted by atomic mass is 16.5. The Labute approximate surface area is 90.1 Å². The molecule has 1 aromatic rings. The number of rotatable bonds is 3. The van der Waals surface area contributed by atoms with Crippen LogP contribution in [0.5, 0.6) is 5.75 Å². The van der Waals surface area contributed by atoms with E-state index in [1.807, 2.05) is 44.2 Å². The van der Waals surface area contributed by atoms with Gasteiger partial charge in [0.2, 0.25) is 0 Å². The molecule has 0 atom stereocenters. The van der Waals surface area contributed by atoms with Crippen molar-refractivity contribution in [3.63, 3.8) is 0 Å². The van der Waals surface area contributed by atoms with E-state index in [-0.39, 0.29) is 0 Å². The number of para-hydroxylation sites is 1. The smallest absolute Gasteiger partial charge is 0.145 e. The van der Waals surface area contributed by atoms with Crippen molar-refractivity contribution in [1.29, 1.82) is 5.26 Å². The summed E-state index contributed by atoms with van der Waals surface area (Å²) in [6.45, 7) is 3.81. The summed E-state index contributed by atoms with van der Waals surface area (Å²) in [5, 5.41) is 8.87. The van der Waals surface area contributed by atoms with Gasteiger partial charge in [-0.1, -0.05) is 18.2 Å². The van der Waals surface area contributed by atoms with Crippen molar-refractivity contribution >= 4 is 0 Å². The van der Waals surface area contributed by atoms with Gasteiger partial charge in [0.1, 0.15) is 17.6 Å². The van der Waals surface area contributed by atoms with Crippen LogP contribution in [0.4, 0.5) is 0 Å². The first-order valence-corrected chi connectivity index (χ1v) is 4.77. The van der Waals surface area contributed by atoms with Crippen LogP contribution in [-0.2, 0) is 0 Å². The molecule has 0 N–H and O–H groups in total. The lowest BCUT2D eigenvalue weighted by molar-refractivity contribution is 0.442. The molecule has 0 unspecified atom stereocenters. The van der Waals surface area contributed by atoms with Crippen LogP contribution >= 0.6 is 0 Å². The molecule has 2 nitrogen and oxygen atoms in total. The topological polar surface area (TPSA) is 33.0 Å². The highest BCUT2D eigenvalue weighted by Crippen LogP contribution is 2.19. The molecule has 1 rings (SSSR count). The summed E-state index contributed by atoms with van der Waals surface area (Å²) in [6, 6.07) is 9.27. The zero-order valence-corrected chi connectivity index (χ0v) is 8.90. The molecule has 0 bridgehead atoms. The van der Waals surface area contributed by atoms with Crippen molar-refractivity contribution < 1.29 is 4.74 Å². The van der Waals surface area contributed by atoms with Gasteiger partial charge in [0, 0.05) is 0 Å². The van der Waals surface area contributed by atoms with Crippen molar-refractivity contribution in [1.82, 2.24) is 0 Å². The quantitative estimate of drug-likeness (QED) is 0.552. The maximum Gasteiger partial charge on any atom is 0.145 e. The summed E-state index contributed by atoms with van der Waals surface area (Å²) < 4.78 is 5.58. The van der Waals surface area contributed by atoms with Gasteiger partial charge in [-0.05, 0) is 38.1 Å². The lowest BCUT2D eigenvalue weighted by Gasteiger charge is -2.06. The first-order valence-electron chi connectivity index (χ1n) is 4.77. The molecule has 0 aliphatic carbocycles. The SMILES string of the molecule is C/C=C\C(=C/C)Oc1ccccc1C#N. The third kappa shape index (κ3) is 2.99. The minimum absolute atomic E-state index is 0.543. The third-order valence-corrected chi connectivity index (χ3v) is 1.85. The molecule has 0 fully saturated rings. The van der Waals surface area contributed by atoms with Gasteiger partial charge in [-0.2, -0.15) is 5.26 Å². The molecule has 0 aliphatic rings. The Morgan fingerprint density at radius 2 is 2.07 bits per heavy atom. The number of benzene rings is 1. The second-order valence-corrected chi connectivity index (χ2v) is 2.90. The highest BCUT2D eigenvalue weighted by molar-refractivity contribution is 5.43. The minimum Gasteiger partial charge on any atom is -0.456 e. The van der Waals surface area contributed by atoms with Gasteiger partial charge in [-0.3, -0.25) is 0 Å². The Morgan fingerprint density at radius 1 is 1.33 bits per heavy atom. The lowest BCUT2D eigenvalue weighted by atomic mass is 10.2. The van der Waals surface area contributed by atoms with Crippen LogP contribution < -0.4 is 4.74 Å². The molecular weight excluding hydrogens is 186 g/mol. The van der Waals surface area contributed by atoms with Gasteiger partial charge in [0.05, 0.1) is 5.56 Å². The van der Waals surface area contributed by atoms with Gasteiger partial charge in [-0.15, -0.1) is 0 Å². The fourth-order valence-electron chi connectivity index (χ4n) is 1.13. The van der Waals surface area contributed by atoms with E-state index in [0.29, 0.717) is 11.3 Å². The Kier molecular flexibility index (Phi) is 4.18. The average molecular weight is 199 g/mol. The molecule has 15 heavy (non-hydrogen) atoms. The molecule has 0 aromatic heterocycles. The third-order valence-electron chi connectivity index (χ3n) is 1.85. The number of hydrogen-bond donors (Lipinski definition) is 0. The molecule has 0 saturated heterocycles. The fourth-order valence-corrected chi connectivity index (χ4v) is 1.13. The van der Waals surface area contributed by atoms with Crippen LogP contribution in [0.15, 0.2) is 48.3 Å². The van der Waals surface area contributed by atoms with E-state index in [4.69, 9.17) is 10.00 Å². The van der Waals surface area contributed by atoms with E-state index in [1.54, 1.807) is 12.1 Å². The molecule has 2 heteroatoms. The Hall–Kier alpha value is -2.01. The molecule has 0 aliphatic heterocycles. The zero-order chi connectivity index (χ0) is 11.1. The lowest BCUT2D eigenvalue weighted by Crippen LogP contribution is -1.93. The van der Waals surface area contributed by atoms with E-state index >= 15 is 0 Å². The van der Waals surface area contributed by atoms with Gasteiger partial charge in [0.25, 0.3) is 0 Å². The van der Waals surface area contributed by atoms with Crippen molar-refractivity contribution in [3.05, 3.63) is 53.8 Å². The van der Waals surface area contributed by atoms with Crippen LogP contribution in [0.1, 0.15) is 19.4 Å². The minimum atomic E-state index is 0.543. The largest absolute Gasteiger partial charge is 0.456 e. The molecule has 0 spiro atoms. The predicted molar refractivity (Wildman–Crippen MR) is 60.4 cm³/mol. The predicted octanol–water partition coefficient (Wildman–Crippen LogP) is 3.42. The summed E-state index contributed by atoms with van der Waals surface area (Å²) in [5.74, 6) is 1.33. The van der Waals surface area contributed by atoms with Gasteiger partial charge < -0.3 is 4.74 Å². The van der Waals surface area contributed by atoms with Crippen molar-refractivity contribution in [2.75, 3.05) is 0 Å². The van der Waals surface area contributed by atoms with E-state index in [1.165, 1.54) is 0 Å². The van der Waals surface area contributed by atoms with Gasteiger partial charge >= 0.3 is 0 Å². The molecule has 0 heterocycles. The standard InChI is InChI=1S/C13H13NO/c1-3-7-12(4-2)15-13-9-6-5-8-11(13)10-14/h3-9H,1-2H3/b7-3-,12-4+. The number of nitriles is 1. The van der Waals surface area contributed by atoms with E-state index in [2.05, 4.69) is 6.07 Å². The summed E-state index contributed by atoms with van der Waals surface area (Å²) in [7, 11) is 0. The van der Waals surface area contributed by atoms with Crippen molar-refractivity contribution in [2.24, 2.45) is 0 Å². The number of nitrogens with zero attached hydrogens (tertiary/aromatic N) is 1. The second-order valence-electron chi connectivity index (χ2n) is 2.90. The van der Waals surface area contributed by atoms with Gasteiger partial charge in [0.15, 0.2) is 0 Å². The first-order chi connectivity index (χ1) is 7.31. The van der Waals surface area contributed by atoms with Crippen LogP contribution in [0, 0.1) is 11.3 Å². The Bertz CT molecular complexity index is 424. The summed E-state index contributed by atoms with van der Waals surface area (Å²) in [6.07, 6.45) is 5.60. The molecule has 0 radical (unpaired) electrons. The molecule has 0 amide bonds. The number of allylic oxidation sites excluding steroid dienone is 3. The highest BCUT2D eigenvalue weighted by Gasteiger charge is 2.02. The maximum atomic E-state index is 8.87. The van der Waals surface area contributed by atoms with Crippen LogP contribution in [0.25, 0.3) is 0 Å². The molecule has 0 saturated carbocycles. The zero-order valence-electron chi connectivity index (χ0n) is 8.90. The number of hydrogen-bond acceptors (Lipinski definition) is 2. The normalized spacial score (nSPS) is 11.4. The van der Waals surface area contributed by atoms with Crippen LogP contribution in [0.3, 0.4) is 0 Å². The molecular formula is C13H13NO. The molecule has 76 valence electrons. The van der Waals surface area contributed by atoms with E-state index in [0.717, 1.165) is 5.76 Å². The first kappa shape index (κ1) is 11.1.